The molecule has 3 N–H and O–H groups in total. The second-order valence-corrected chi connectivity index (χ2v) is 6.07. The fraction of sp³-hybridized carbons (Fsp3) is 0.600. The first-order chi connectivity index (χ1) is 8.02. The first-order valence-electron chi connectivity index (χ1n) is 5.20. The van der Waals surface area contributed by atoms with Gasteiger partial charge in [-0.3, -0.25) is 0 Å². The van der Waals surface area contributed by atoms with Gasteiger partial charge in [-0.2, -0.15) is 0 Å². The minimum atomic E-state index is 0.147. The van der Waals surface area contributed by atoms with Crippen molar-refractivity contribution in [3.8, 4) is 0 Å². The predicted molar refractivity (Wildman–Crippen MR) is 74.4 cm³/mol. The standard InChI is InChI=1S/C10H17BrN4OS/c1-6(5-16-3)14-10(12)13-4-8-15-7(2)9(11)17-8/h6H,4-5H2,1-3H3,(H3,12,13,14). The third-order valence-electron chi connectivity index (χ3n) is 1.98. The lowest BCUT2D eigenvalue weighted by Crippen LogP contribution is -2.40. The van der Waals surface area contributed by atoms with Crippen molar-refractivity contribution in [2.45, 2.75) is 26.4 Å². The molecule has 0 aromatic carbocycles. The van der Waals surface area contributed by atoms with Crippen LogP contribution in [0.2, 0.25) is 0 Å². The van der Waals surface area contributed by atoms with E-state index in [1.165, 1.54) is 0 Å². The first kappa shape index (κ1) is 14.4. The number of nitrogens with two attached hydrogens (primary N) is 1. The van der Waals surface area contributed by atoms with Crippen LogP contribution in [0.15, 0.2) is 8.78 Å². The summed E-state index contributed by atoms with van der Waals surface area (Å²) in [6, 6.07) is 0.147. The lowest BCUT2D eigenvalue weighted by Gasteiger charge is -2.12. The van der Waals surface area contributed by atoms with Crippen LogP contribution in [0.4, 0.5) is 0 Å². The molecule has 1 aromatic rings. The van der Waals surface area contributed by atoms with Crippen LogP contribution in [0.5, 0.6) is 0 Å². The third-order valence-corrected chi connectivity index (χ3v) is 3.97. The normalized spacial score (nSPS) is 13.8. The lowest BCUT2D eigenvalue weighted by atomic mass is 10.4. The van der Waals surface area contributed by atoms with Gasteiger partial charge in [-0.15, -0.1) is 11.3 Å². The minimum Gasteiger partial charge on any atom is -0.383 e. The van der Waals surface area contributed by atoms with E-state index in [1.807, 2.05) is 13.8 Å². The molecule has 96 valence electrons. The zero-order chi connectivity index (χ0) is 12.8. The summed E-state index contributed by atoms with van der Waals surface area (Å²) < 4.78 is 6.04. The highest BCUT2D eigenvalue weighted by atomic mass is 79.9. The number of hydrogen-bond donors (Lipinski definition) is 2. The maximum atomic E-state index is 5.75. The number of methoxy groups -OCH3 is 1. The van der Waals surface area contributed by atoms with Crippen molar-refractivity contribution in [3.05, 3.63) is 14.5 Å². The van der Waals surface area contributed by atoms with Gasteiger partial charge in [0.05, 0.1) is 22.6 Å². The van der Waals surface area contributed by atoms with Gasteiger partial charge in [-0.25, -0.2) is 9.98 Å². The number of nitrogens with zero attached hydrogens (tertiary/aromatic N) is 2. The third kappa shape index (κ3) is 5.01. The molecule has 0 aliphatic rings. The highest BCUT2D eigenvalue weighted by Crippen LogP contribution is 2.24. The molecule has 7 heteroatoms. The summed E-state index contributed by atoms with van der Waals surface area (Å²) in [5, 5.41) is 3.98. The van der Waals surface area contributed by atoms with E-state index in [1.54, 1.807) is 18.4 Å². The maximum Gasteiger partial charge on any atom is 0.189 e. The number of rotatable bonds is 5. The average Bonchev–Trinajstić information content (AvgIpc) is 2.56. The number of aryl methyl sites for hydroxylation is 1. The van der Waals surface area contributed by atoms with Gasteiger partial charge in [-0.05, 0) is 29.8 Å². The van der Waals surface area contributed by atoms with Crippen molar-refractivity contribution < 1.29 is 4.74 Å². The Balaban J connectivity index is 2.47. The van der Waals surface area contributed by atoms with Gasteiger partial charge in [0.1, 0.15) is 5.01 Å². The summed E-state index contributed by atoms with van der Waals surface area (Å²) in [6.07, 6.45) is 0. The molecule has 1 aromatic heterocycles. The topological polar surface area (TPSA) is 72.5 Å². The Bertz CT molecular complexity index is 374. The molecular formula is C10H17BrN4OS. The average molecular weight is 321 g/mol. The fourth-order valence-corrected chi connectivity index (χ4v) is 2.60. The molecule has 17 heavy (non-hydrogen) atoms. The van der Waals surface area contributed by atoms with Crippen LogP contribution < -0.4 is 11.1 Å². The number of nitrogens with one attached hydrogen (secondary N) is 1. The quantitative estimate of drug-likeness (QED) is 0.639. The van der Waals surface area contributed by atoms with E-state index >= 15 is 0 Å². The molecule has 0 radical (unpaired) electrons. The molecule has 1 heterocycles. The van der Waals surface area contributed by atoms with Gasteiger partial charge >= 0.3 is 0 Å². The summed E-state index contributed by atoms with van der Waals surface area (Å²) in [4.78, 5) is 8.58. The predicted octanol–water partition coefficient (Wildman–Crippen LogP) is 1.65. The lowest BCUT2D eigenvalue weighted by molar-refractivity contribution is 0.179. The monoisotopic (exact) mass is 320 g/mol. The summed E-state index contributed by atoms with van der Waals surface area (Å²) in [5.41, 5.74) is 6.73. The number of aromatic nitrogens is 1. The second kappa shape index (κ2) is 6.93. The van der Waals surface area contributed by atoms with Crippen LogP contribution in [0, 0.1) is 6.92 Å². The number of aliphatic imine (C=N–C) groups is 1. The molecule has 0 aliphatic carbocycles. The van der Waals surface area contributed by atoms with Crippen molar-refractivity contribution in [1.29, 1.82) is 0 Å². The van der Waals surface area contributed by atoms with Gasteiger partial charge < -0.3 is 15.8 Å². The van der Waals surface area contributed by atoms with Crippen molar-refractivity contribution in [1.82, 2.24) is 10.3 Å². The number of ether oxygens (including phenoxy) is 1. The second-order valence-electron chi connectivity index (χ2n) is 3.67. The van der Waals surface area contributed by atoms with E-state index in [2.05, 4.69) is 31.2 Å². The number of halogens is 1. The van der Waals surface area contributed by atoms with Gasteiger partial charge in [0, 0.05) is 13.2 Å². The van der Waals surface area contributed by atoms with Crippen molar-refractivity contribution >= 4 is 33.2 Å². The molecule has 0 spiro atoms. The molecule has 0 fully saturated rings. The highest BCUT2D eigenvalue weighted by molar-refractivity contribution is 9.11. The van der Waals surface area contributed by atoms with E-state index < -0.39 is 0 Å². The van der Waals surface area contributed by atoms with E-state index in [9.17, 15) is 0 Å². The van der Waals surface area contributed by atoms with E-state index in [-0.39, 0.29) is 6.04 Å². The Kier molecular flexibility index (Phi) is 5.87. The highest BCUT2D eigenvalue weighted by Gasteiger charge is 2.05. The van der Waals surface area contributed by atoms with Gasteiger partial charge in [0.15, 0.2) is 5.96 Å². The van der Waals surface area contributed by atoms with Crippen molar-refractivity contribution in [3.63, 3.8) is 0 Å². The van der Waals surface area contributed by atoms with Gasteiger partial charge in [0.25, 0.3) is 0 Å². The van der Waals surface area contributed by atoms with E-state index in [0.29, 0.717) is 19.1 Å². The smallest absolute Gasteiger partial charge is 0.189 e. The summed E-state index contributed by atoms with van der Waals surface area (Å²) in [7, 11) is 1.65. The zero-order valence-corrected chi connectivity index (χ0v) is 12.6. The van der Waals surface area contributed by atoms with Gasteiger partial charge in [0.2, 0.25) is 0 Å². The number of hydrogen-bond acceptors (Lipinski definition) is 4. The molecule has 1 rings (SSSR count). The van der Waals surface area contributed by atoms with Crippen LogP contribution in [-0.4, -0.2) is 30.7 Å². The molecule has 0 saturated heterocycles. The summed E-state index contributed by atoms with van der Waals surface area (Å²) in [5.74, 6) is 0.415. The molecule has 1 atom stereocenters. The molecular weight excluding hydrogens is 304 g/mol. The Labute approximate surface area is 114 Å². The van der Waals surface area contributed by atoms with E-state index in [0.717, 1.165) is 14.5 Å². The fourth-order valence-electron chi connectivity index (χ4n) is 1.24. The van der Waals surface area contributed by atoms with Crippen LogP contribution in [-0.2, 0) is 11.3 Å². The number of guanidine groups is 1. The SMILES string of the molecule is COCC(C)NC(N)=NCc1nc(C)c(Br)s1. The van der Waals surface area contributed by atoms with E-state index in [4.69, 9.17) is 10.5 Å². The van der Waals surface area contributed by atoms with Crippen LogP contribution in [0.25, 0.3) is 0 Å². The van der Waals surface area contributed by atoms with Crippen LogP contribution >= 0.6 is 27.3 Å². The molecule has 0 bridgehead atoms. The Morgan fingerprint density at radius 3 is 2.94 bits per heavy atom. The molecule has 0 aliphatic heterocycles. The number of thiazole rings is 1. The van der Waals surface area contributed by atoms with Crippen LogP contribution in [0.1, 0.15) is 17.6 Å². The van der Waals surface area contributed by atoms with Crippen molar-refractivity contribution in [2.24, 2.45) is 10.7 Å². The zero-order valence-electron chi connectivity index (χ0n) is 10.2. The minimum absolute atomic E-state index is 0.147. The Morgan fingerprint density at radius 2 is 2.41 bits per heavy atom. The first-order valence-corrected chi connectivity index (χ1v) is 6.81. The Morgan fingerprint density at radius 1 is 1.71 bits per heavy atom. The summed E-state index contributed by atoms with van der Waals surface area (Å²) >= 11 is 5.00. The molecule has 5 nitrogen and oxygen atoms in total. The van der Waals surface area contributed by atoms with Gasteiger partial charge in [-0.1, -0.05) is 0 Å². The Hall–Kier alpha value is -0.660. The van der Waals surface area contributed by atoms with Crippen LogP contribution in [0.3, 0.4) is 0 Å². The molecule has 1 unspecified atom stereocenters. The largest absolute Gasteiger partial charge is 0.383 e. The maximum absolute atomic E-state index is 5.75. The molecule has 0 saturated carbocycles. The van der Waals surface area contributed by atoms with Crippen molar-refractivity contribution in [2.75, 3.05) is 13.7 Å². The summed E-state index contributed by atoms with van der Waals surface area (Å²) in [6.45, 7) is 5.03. The molecule has 0 amide bonds.